The maximum absolute atomic E-state index is 11.4. The van der Waals surface area contributed by atoms with Crippen LogP contribution in [0.15, 0.2) is 65.2 Å². The molecule has 1 heterocycles. The van der Waals surface area contributed by atoms with Crippen molar-refractivity contribution in [2.45, 2.75) is 12.2 Å². The fraction of sp³-hybridized carbons (Fsp3) is 0.118. The van der Waals surface area contributed by atoms with Crippen LogP contribution in [0.5, 0.6) is 0 Å². The van der Waals surface area contributed by atoms with Crippen molar-refractivity contribution < 1.29 is 12.8 Å². The maximum Gasteiger partial charge on any atom is 0.299 e. The Morgan fingerprint density at radius 3 is 2.38 bits per heavy atom. The lowest BCUT2D eigenvalue weighted by atomic mass is 10.1. The monoisotopic (exact) mass is 343 g/mol. The van der Waals surface area contributed by atoms with E-state index in [1.54, 1.807) is 37.4 Å². The molecule has 2 aromatic carbocycles. The fourth-order valence-corrected chi connectivity index (χ4v) is 2.75. The van der Waals surface area contributed by atoms with Gasteiger partial charge in [0.05, 0.1) is 11.4 Å². The number of benzene rings is 2. The number of hydrogen-bond acceptors (Lipinski definition) is 5. The molecule has 124 valence electrons. The largest absolute Gasteiger partial charge is 0.423 e. The third-order valence-corrected chi connectivity index (χ3v) is 4.95. The first-order valence-corrected chi connectivity index (χ1v) is 8.94. The van der Waals surface area contributed by atoms with Gasteiger partial charge in [-0.05, 0) is 24.6 Å². The van der Waals surface area contributed by atoms with E-state index in [0.29, 0.717) is 17.3 Å². The number of nitrogens with zero attached hydrogens (tertiary/aromatic N) is 1. The van der Waals surface area contributed by atoms with Gasteiger partial charge in [-0.15, -0.1) is 0 Å². The van der Waals surface area contributed by atoms with Gasteiger partial charge in [0.15, 0.2) is 5.76 Å². The molecule has 3 aromatic rings. The molecule has 3 N–H and O–H groups in total. The van der Waals surface area contributed by atoms with Gasteiger partial charge < -0.3 is 9.73 Å². The van der Waals surface area contributed by atoms with Gasteiger partial charge in [-0.1, -0.05) is 42.5 Å². The molecular weight excluding hydrogens is 326 g/mol. The molecule has 0 amide bonds. The number of nitrogens with one attached hydrogen (secondary N) is 1. The van der Waals surface area contributed by atoms with E-state index < -0.39 is 15.3 Å². The van der Waals surface area contributed by atoms with E-state index in [-0.39, 0.29) is 0 Å². The van der Waals surface area contributed by atoms with Gasteiger partial charge in [-0.2, -0.15) is 0 Å². The Hall–Kier alpha value is -2.64. The standard InChI is InChI=1S/C17H17N3O3S/c1-12(24(18,21)22)13-7-9-15(10-8-13)20-17-19-11-16(23-17)14-5-3-2-4-6-14/h2-12H,1H3,(H,19,20)(H2,18,21,22). The minimum Gasteiger partial charge on any atom is -0.423 e. The lowest BCUT2D eigenvalue weighted by Gasteiger charge is -2.10. The predicted octanol–water partition coefficient (Wildman–Crippen LogP) is 3.43. The van der Waals surface area contributed by atoms with Crippen LogP contribution in [-0.4, -0.2) is 13.4 Å². The lowest BCUT2D eigenvalue weighted by Crippen LogP contribution is -2.19. The number of aromatic nitrogens is 1. The third-order valence-electron chi connectivity index (χ3n) is 3.69. The molecule has 0 aliphatic carbocycles. The molecule has 1 unspecified atom stereocenters. The number of primary sulfonamides is 1. The molecule has 0 fully saturated rings. The summed E-state index contributed by atoms with van der Waals surface area (Å²) in [4.78, 5) is 4.19. The smallest absolute Gasteiger partial charge is 0.299 e. The molecule has 0 spiro atoms. The van der Waals surface area contributed by atoms with Crippen molar-refractivity contribution in [1.82, 2.24) is 4.98 Å². The molecular formula is C17H17N3O3S. The van der Waals surface area contributed by atoms with E-state index in [1.807, 2.05) is 30.3 Å². The Bertz CT molecular complexity index is 919. The van der Waals surface area contributed by atoms with Crippen molar-refractivity contribution in [2.75, 3.05) is 5.32 Å². The SMILES string of the molecule is CC(c1ccc(Nc2ncc(-c3ccccc3)o2)cc1)S(N)(=O)=O. The van der Waals surface area contributed by atoms with Gasteiger partial charge in [-0.25, -0.2) is 18.5 Å². The average molecular weight is 343 g/mol. The van der Waals surface area contributed by atoms with Crippen molar-refractivity contribution in [1.29, 1.82) is 0 Å². The highest BCUT2D eigenvalue weighted by atomic mass is 32.2. The molecule has 0 radical (unpaired) electrons. The second kappa shape index (κ2) is 6.46. The molecule has 7 heteroatoms. The Labute approximate surface area is 140 Å². The Kier molecular flexibility index (Phi) is 4.37. The summed E-state index contributed by atoms with van der Waals surface area (Å²) in [6.07, 6.45) is 1.65. The number of sulfonamides is 1. The average Bonchev–Trinajstić information content (AvgIpc) is 3.03. The van der Waals surface area contributed by atoms with Gasteiger partial charge >= 0.3 is 0 Å². The highest BCUT2D eigenvalue weighted by Gasteiger charge is 2.17. The molecule has 0 saturated carbocycles. The minimum absolute atomic E-state index is 0.362. The molecule has 1 aromatic heterocycles. The second-order valence-electron chi connectivity index (χ2n) is 5.37. The minimum atomic E-state index is -3.61. The van der Waals surface area contributed by atoms with Crippen LogP contribution in [0.2, 0.25) is 0 Å². The summed E-state index contributed by atoms with van der Waals surface area (Å²) in [5.41, 5.74) is 2.30. The zero-order valence-corrected chi connectivity index (χ0v) is 13.8. The highest BCUT2D eigenvalue weighted by molar-refractivity contribution is 7.89. The summed E-state index contributed by atoms with van der Waals surface area (Å²) in [5.74, 6) is 0.664. The van der Waals surface area contributed by atoms with Crippen LogP contribution in [0.25, 0.3) is 11.3 Å². The summed E-state index contributed by atoms with van der Waals surface area (Å²) in [6.45, 7) is 1.55. The van der Waals surface area contributed by atoms with Gasteiger partial charge in [0, 0.05) is 11.3 Å². The predicted molar refractivity (Wildman–Crippen MR) is 93.2 cm³/mol. The van der Waals surface area contributed by atoms with E-state index in [1.165, 1.54) is 0 Å². The summed E-state index contributed by atoms with van der Waals surface area (Å²) in [7, 11) is -3.61. The van der Waals surface area contributed by atoms with Crippen LogP contribution in [0.1, 0.15) is 17.7 Å². The van der Waals surface area contributed by atoms with Crippen LogP contribution in [-0.2, 0) is 10.0 Å². The second-order valence-corrected chi connectivity index (χ2v) is 7.26. The van der Waals surface area contributed by atoms with E-state index in [9.17, 15) is 8.42 Å². The zero-order valence-electron chi connectivity index (χ0n) is 13.0. The molecule has 6 nitrogen and oxygen atoms in total. The summed E-state index contributed by atoms with van der Waals surface area (Å²) in [6, 6.07) is 16.9. The van der Waals surface area contributed by atoms with E-state index in [4.69, 9.17) is 9.56 Å². The van der Waals surface area contributed by atoms with Gasteiger partial charge in [0.2, 0.25) is 10.0 Å². The Morgan fingerprint density at radius 1 is 1.08 bits per heavy atom. The zero-order chi connectivity index (χ0) is 17.2. The summed E-state index contributed by atoms with van der Waals surface area (Å²) in [5, 5.41) is 7.45. The van der Waals surface area contributed by atoms with E-state index in [2.05, 4.69) is 10.3 Å². The fourth-order valence-electron chi connectivity index (χ4n) is 2.22. The number of nitrogens with two attached hydrogens (primary N) is 1. The van der Waals surface area contributed by atoms with Crippen molar-refractivity contribution in [3.05, 3.63) is 66.4 Å². The van der Waals surface area contributed by atoms with E-state index in [0.717, 1.165) is 11.3 Å². The van der Waals surface area contributed by atoms with Crippen molar-refractivity contribution in [3.63, 3.8) is 0 Å². The third kappa shape index (κ3) is 3.64. The quantitative estimate of drug-likeness (QED) is 0.739. The first kappa shape index (κ1) is 16.2. The number of oxazole rings is 1. The normalized spacial score (nSPS) is 12.8. The molecule has 0 aliphatic heterocycles. The molecule has 24 heavy (non-hydrogen) atoms. The molecule has 0 aliphatic rings. The molecule has 0 saturated heterocycles. The number of rotatable bonds is 5. The highest BCUT2D eigenvalue weighted by Crippen LogP contribution is 2.26. The number of hydrogen-bond donors (Lipinski definition) is 2. The van der Waals surface area contributed by atoms with Gasteiger partial charge in [-0.3, -0.25) is 0 Å². The summed E-state index contributed by atoms with van der Waals surface area (Å²) < 4.78 is 28.4. The lowest BCUT2D eigenvalue weighted by molar-refractivity contribution is 0.587. The first-order valence-electron chi connectivity index (χ1n) is 7.33. The van der Waals surface area contributed by atoms with Crippen molar-refractivity contribution in [2.24, 2.45) is 5.14 Å². The van der Waals surface area contributed by atoms with Crippen LogP contribution < -0.4 is 10.5 Å². The summed E-state index contributed by atoms with van der Waals surface area (Å²) >= 11 is 0. The van der Waals surface area contributed by atoms with Crippen molar-refractivity contribution >= 4 is 21.7 Å². The maximum atomic E-state index is 11.4. The van der Waals surface area contributed by atoms with Crippen LogP contribution in [0.3, 0.4) is 0 Å². The van der Waals surface area contributed by atoms with Crippen LogP contribution >= 0.6 is 0 Å². The first-order chi connectivity index (χ1) is 11.4. The van der Waals surface area contributed by atoms with Gasteiger partial charge in [0.1, 0.15) is 0 Å². The van der Waals surface area contributed by atoms with Crippen molar-refractivity contribution in [3.8, 4) is 11.3 Å². The molecule has 3 rings (SSSR count). The van der Waals surface area contributed by atoms with Gasteiger partial charge in [0.25, 0.3) is 6.01 Å². The van der Waals surface area contributed by atoms with Crippen LogP contribution in [0, 0.1) is 0 Å². The number of anilines is 2. The van der Waals surface area contributed by atoms with Crippen LogP contribution in [0.4, 0.5) is 11.7 Å². The molecule has 1 atom stereocenters. The van der Waals surface area contributed by atoms with E-state index >= 15 is 0 Å². The molecule has 0 bridgehead atoms. The topological polar surface area (TPSA) is 98.2 Å². The Morgan fingerprint density at radius 2 is 1.75 bits per heavy atom. The Balaban J connectivity index is 1.74.